The third-order valence-corrected chi connectivity index (χ3v) is 4.27. The highest BCUT2D eigenvalue weighted by atomic mass is 16.2. The van der Waals surface area contributed by atoms with Crippen molar-refractivity contribution in [3.63, 3.8) is 0 Å². The van der Waals surface area contributed by atoms with E-state index in [2.05, 4.69) is 16.4 Å². The molecule has 1 N–H and O–H groups in total. The van der Waals surface area contributed by atoms with E-state index in [1.54, 1.807) is 46.3 Å². The van der Waals surface area contributed by atoms with Gasteiger partial charge in [-0.15, -0.1) is 0 Å². The molecule has 132 valence electrons. The van der Waals surface area contributed by atoms with E-state index in [4.69, 9.17) is 5.26 Å². The minimum Gasteiger partial charge on any atom is -0.355 e. The van der Waals surface area contributed by atoms with Gasteiger partial charge >= 0.3 is 0 Å². The Balaban J connectivity index is 1.70. The maximum Gasteiger partial charge on any atom is 0.272 e. The van der Waals surface area contributed by atoms with Crippen LogP contribution >= 0.6 is 0 Å². The van der Waals surface area contributed by atoms with Crippen LogP contribution in [0.2, 0.25) is 0 Å². The Morgan fingerprint density at radius 3 is 2.46 bits per heavy atom. The molecular weight excluding hydrogens is 330 g/mol. The van der Waals surface area contributed by atoms with Crippen molar-refractivity contribution in [2.75, 3.05) is 31.5 Å². The largest absolute Gasteiger partial charge is 0.355 e. The fraction of sp³-hybridized carbons (Fsp3) is 0.263. The summed E-state index contributed by atoms with van der Waals surface area (Å²) in [6, 6.07) is 12.7. The summed E-state index contributed by atoms with van der Waals surface area (Å²) in [6.45, 7) is 3.62. The summed E-state index contributed by atoms with van der Waals surface area (Å²) in [6.07, 6.45) is 1.58. The van der Waals surface area contributed by atoms with Crippen LogP contribution in [0.1, 0.15) is 23.0 Å². The Kier molecular flexibility index (Phi) is 5.13. The van der Waals surface area contributed by atoms with E-state index in [1.807, 2.05) is 6.07 Å². The van der Waals surface area contributed by atoms with E-state index in [-0.39, 0.29) is 11.8 Å². The third kappa shape index (κ3) is 3.98. The number of hydrogen-bond acceptors (Lipinski definition) is 5. The van der Waals surface area contributed by atoms with Crippen LogP contribution in [0, 0.1) is 11.3 Å². The number of aromatic nitrogens is 1. The lowest BCUT2D eigenvalue weighted by Crippen LogP contribution is -2.50. The van der Waals surface area contributed by atoms with Crippen molar-refractivity contribution in [2.45, 2.75) is 6.92 Å². The van der Waals surface area contributed by atoms with Crippen molar-refractivity contribution in [1.82, 2.24) is 14.8 Å². The van der Waals surface area contributed by atoms with Gasteiger partial charge in [0.1, 0.15) is 5.69 Å². The molecule has 7 heteroatoms. The molecule has 2 amide bonds. The predicted octanol–water partition coefficient (Wildman–Crippen LogP) is 2.00. The Labute approximate surface area is 151 Å². The standard InChI is InChI=1S/C19H19N5O2/c1-14(25)23-7-9-24(10-8-23)19(26)18-12-17(5-6-21-18)22-16-4-2-3-15(11-16)13-20/h2-6,11-12H,7-10H2,1H3,(H,21,22). The molecule has 0 saturated carbocycles. The second-order valence-electron chi connectivity index (χ2n) is 6.05. The van der Waals surface area contributed by atoms with Crippen molar-refractivity contribution < 1.29 is 9.59 Å². The summed E-state index contributed by atoms with van der Waals surface area (Å²) in [4.78, 5) is 31.7. The second kappa shape index (κ2) is 7.66. The lowest BCUT2D eigenvalue weighted by molar-refractivity contribution is -0.130. The highest BCUT2D eigenvalue weighted by Crippen LogP contribution is 2.18. The fourth-order valence-corrected chi connectivity index (χ4v) is 2.84. The highest BCUT2D eigenvalue weighted by Gasteiger charge is 2.24. The first kappa shape index (κ1) is 17.4. The first-order chi connectivity index (χ1) is 12.6. The van der Waals surface area contributed by atoms with Crippen LogP contribution in [0.5, 0.6) is 0 Å². The molecule has 0 spiro atoms. The Morgan fingerprint density at radius 2 is 1.77 bits per heavy atom. The number of amides is 2. The maximum atomic E-state index is 12.7. The molecule has 0 radical (unpaired) electrons. The molecule has 0 aliphatic carbocycles. The summed E-state index contributed by atoms with van der Waals surface area (Å²) in [7, 11) is 0. The molecule has 3 rings (SSSR count). The van der Waals surface area contributed by atoms with Gasteiger partial charge in [0.05, 0.1) is 11.6 Å². The number of piperazine rings is 1. The molecule has 0 atom stereocenters. The summed E-state index contributed by atoms with van der Waals surface area (Å²) in [5.41, 5.74) is 2.40. The molecule has 7 nitrogen and oxygen atoms in total. The number of carbonyl (C=O) groups is 2. The minimum absolute atomic E-state index is 0.0287. The molecule has 1 saturated heterocycles. The van der Waals surface area contributed by atoms with Crippen molar-refractivity contribution in [3.8, 4) is 6.07 Å². The first-order valence-corrected chi connectivity index (χ1v) is 8.35. The molecule has 1 aliphatic heterocycles. The van der Waals surface area contributed by atoms with Crippen molar-refractivity contribution in [3.05, 3.63) is 53.9 Å². The van der Waals surface area contributed by atoms with Crippen LogP contribution in [0.15, 0.2) is 42.6 Å². The number of nitriles is 1. The van der Waals surface area contributed by atoms with Crippen LogP contribution in [-0.4, -0.2) is 52.8 Å². The van der Waals surface area contributed by atoms with Gasteiger partial charge in [-0.2, -0.15) is 5.26 Å². The molecule has 1 aromatic heterocycles. The van der Waals surface area contributed by atoms with Gasteiger partial charge in [-0.3, -0.25) is 14.6 Å². The van der Waals surface area contributed by atoms with E-state index in [0.29, 0.717) is 37.4 Å². The zero-order valence-electron chi connectivity index (χ0n) is 14.5. The van der Waals surface area contributed by atoms with Gasteiger partial charge in [-0.25, -0.2) is 0 Å². The number of hydrogen-bond donors (Lipinski definition) is 1. The molecule has 0 bridgehead atoms. The molecule has 2 heterocycles. The van der Waals surface area contributed by atoms with Gasteiger partial charge in [0.2, 0.25) is 5.91 Å². The van der Waals surface area contributed by atoms with Crippen LogP contribution in [0.25, 0.3) is 0 Å². The van der Waals surface area contributed by atoms with E-state index in [1.165, 1.54) is 6.92 Å². The van der Waals surface area contributed by atoms with E-state index >= 15 is 0 Å². The summed E-state index contributed by atoms with van der Waals surface area (Å²) >= 11 is 0. The number of rotatable bonds is 3. The predicted molar refractivity (Wildman–Crippen MR) is 96.8 cm³/mol. The topological polar surface area (TPSA) is 89.3 Å². The molecule has 26 heavy (non-hydrogen) atoms. The van der Waals surface area contributed by atoms with Gasteiger partial charge in [-0.1, -0.05) is 6.07 Å². The summed E-state index contributed by atoms with van der Waals surface area (Å²) in [5.74, 6) is -0.122. The van der Waals surface area contributed by atoms with Crippen molar-refractivity contribution >= 4 is 23.2 Å². The Hall–Kier alpha value is -3.40. The van der Waals surface area contributed by atoms with E-state index in [0.717, 1.165) is 11.4 Å². The minimum atomic E-state index is -0.150. The quantitative estimate of drug-likeness (QED) is 0.915. The first-order valence-electron chi connectivity index (χ1n) is 8.35. The summed E-state index contributed by atoms with van der Waals surface area (Å²) in [5, 5.41) is 12.2. The van der Waals surface area contributed by atoms with Gasteiger partial charge < -0.3 is 15.1 Å². The van der Waals surface area contributed by atoms with Crippen LogP contribution in [0.3, 0.4) is 0 Å². The lowest BCUT2D eigenvalue weighted by Gasteiger charge is -2.34. The zero-order valence-corrected chi connectivity index (χ0v) is 14.5. The van der Waals surface area contributed by atoms with Gasteiger partial charge in [0, 0.05) is 50.7 Å². The number of nitrogens with zero attached hydrogens (tertiary/aromatic N) is 4. The van der Waals surface area contributed by atoms with E-state index < -0.39 is 0 Å². The number of benzene rings is 1. The van der Waals surface area contributed by atoms with Gasteiger partial charge in [0.25, 0.3) is 5.91 Å². The Morgan fingerprint density at radius 1 is 1.08 bits per heavy atom. The smallest absolute Gasteiger partial charge is 0.272 e. The molecule has 1 fully saturated rings. The molecule has 1 aliphatic rings. The molecular formula is C19H19N5O2. The molecule has 0 unspecified atom stereocenters. The van der Waals surface area contributed by atoms with Crippen LogP contribution < -0.4 is 5.32 Å². The number of nitrogens with one attached hydrogen (secondary N) is 1. The average Bonchev–Trinajstić information content (AvgIpc) is 2.68. The SMILES string of the molecule is CC(=O)N1CCN(C(=O)c2cc(Nc3cccc(C#N)c3)ccn2)CC1. The van der Waals surface area contributed by atoms with E-state index in [9.17, 15) is 9.59 Å². The molecule has 2 aromatic rings. The maximum absolute atomic E-state index is 12.7. The number of carbonyl (C=O) groups excluding carboxylic acids is 2. The van der Waals surface area contributed by atoms with Gasteiger partial charge in [-0.05, 0) is 30.3 Å². The zero-order chi connectivity index (χ0) is 18.5. The average molecular weight is 349 g/mol. The Bertz CT molecular complexity index is 866. The normalized spacial score (nSPS) is 13.8. The lowest BCUT2D eigenvalue weighted by atomic mass is 10.2. The van der Waals surface area contributed by atoms with Gasteiger partial charge in [0.15, 0.2) is 0 Å². The van der Waals surface area contributed by atoms with Crippen LogP contribution in [0.4, 0.5) is 11.4 Å². The van der Waals surface area contributed by atoms with Crippen molar-refractivity contribution in [1.29, 1.82) is 5.26 Å². The number of pyridine rings is 1. The fourth-order valence-electron chi connectivity index (χ4n) is 2.84. The second-order valence-corrected chi connectivity index (χ2v) is 6.05. The summed E-state index contributed by atoms with van der Waals surface area (Å²) < 4.78 is 0. The molecule has 1 aromatic carbocycles. The highest BCUT2D eigenvalue weighted by molar-refractivity contribution is 5.93. The van der Waals surface area contributed by atoms with Crippen molar-refractivity contribution in [2.24, 2.45) is 0 Å². The number of anilines is 2. The monoisotopic (exact) mass is 349 g/mol. The van der Waals surface area contributed by atoms with Crippen LogP contribution in [-0.2, 0) is 4.79 Å². The third-order valence-electron chi connectivity index (χ3n) is 4.27.